The van der Waals surface area contributed by atoms with Crippen LogP contribution >= 0.6 is 15.9 Å². The molecule has 1 aliphatic carbocycles. The van der Waals surface area contributed by atoms with E-state index in [-0.39, 0.29) is 11.7 Å². The molecule has 0 heterocycles. The number of rotatable bonds is 5. The van der Waals surface area contributed by atoms with E-state index in [0.717, 1.165) is 18.4 Å². The van der Waals surface area contributed by atoms with Crippen LogP contribution in [0.5, 0.6) is 0 Å². The van der Waals surface area contributed by atoms with Crippen LogP contribution in [0.4, 0.5) is 0 Å². The standard InChI is InChI=1S/C14H17BrO4S/c1-14(2,8-13(16)17)9-3-6-12(11(15)7-9)20(18,19)10-4-5-10/h3,6-7,10H,4-5,8H2,1-2H3,(H,16,17). The van der Waals surface area contributed by atoms with Crippen molar-refractivity contribution in [1.29, 1.82) is 0 Å². The highest BCUT2D eigenvalue weighted by Crippen LogP contribution is 2.38. The summed E-state index contributed by atoms with van der Waals surface area (Å²) in [5.41, 5.74) is 0.262. The molecular formula is C14H17BrO4S. The van der Waals surface area contributed by atoms with Gasteiger partial charge in [0.1, 0.15) is 0 Å². The Morgan fingerprint density at radius 3 is 2.45 bits per heavy atom. The van der Waals surface area contributed by atoms with Crippen LogP contribution in [0.1, 0.15) is 38.7 Å². The fourth-order valence-corrected chi connectivity index (χ4v) is 4.95. The van der Waals surface area contributed by atoms with Gasteiger partial charge < -0.3 is 5.11 Å². The molecular weight excluding hydrogens is 344 g/mol. The molecule has 1 N–H and O–H groups in total. The second-order valence-corrected chi connectivity index (χ2v) is 8.89. The average Bonchev–Trinajstić information content (AvgIpc) is 3.10. The Labute approximate surface area is 127 Å². The summed E-state index contributed by atoms with van der Waals surface area (Å²) in [6.45, 7) is 3.66. The maximum Gasteiger partial charge on any atom is 0.304 e. The van der Waals surface area contributed by atoms with Crippen molar-refractivity contribution in [3.8, 4) is 0 Å². The molecule has 20 heavy (non-hydrogen) atoms. The molecule has 1 saturated carbocycles. The molecule has 0 spiro atoms. The lowest BCUT2D eigenvalue weighted by Crippen LogP contribution is -2.22. The predicted octanol–water partition coefficient (Wildman–Crippen LogP) is 3.14. The summed E-state index contributed by atoms with van der Waals surface area (Å²) in [5, 5.41) is 8.68. The first-order chi connectivity index (χ1) is 9.14. The van der Waals surface area contributed by atoms with Gasteiger partial charge in [0.2, 0.25) is 0 Å². The topological polar surface area (TPSA) is 71.4 Å². The Hall–Kier alpha value is -0.880. The number of carbonyl (C=O) groups is 1. The van der Waals surface area contributed by atoms with E-state index in [1.807, 2.05) is 13.8 Å². The van der Waals surface area contributed by atoms with Gasteiger partial charge in [0.25, 0.3) is 0 Å². The summed E-state index contributed by atoms with van der Waals surface area (Å²) in [5.74, 6) is -0.874. The summed E-state index contributed by atoms with van der Waals surface area (Å²) >= 11 is 3.31. The molecule has 0 aliphatic heterocycles. The summed E-state index contributed by atoms with van der Waals surface area (Å²) in [4.78, 5) is 11.2. The van der Waals surface area contributed by atoms with Crippen molar-refractivity contribution < 1.29 is 18.3 Å². The lowest BCUT2D eigenvalue weighted by Gasteiger charge is -2.24. The molecule has 1 aliphatic rings. The van der Waals surface area contributed by atoms with Crippen LogP contribution in [0.3, 0.4) is 0 Å². The Morgan fingerprint density at radius 1 is 1.40 bits per heavy atom. The highest BCUT2D eigenvalue weighted by atomic mass is 79.9. The van der Waals surface area contributed by atoms with Gasteiger partial charge in [0, 0.05) is 9.89 Å². The quantitative estimate of drug-likeness (QED) is 0.875. The van der Waals surface area contributed by atoms with Crippen molar-refractivity contribution in [3.05, 3.63) is 28.2 Å². The van der Waals surface area contributed by atoms with Gasteiger partial charge in [-0.25, -0.2) is 8.42 Å². The van der Waals surface area contributed by atoms with E-state index < -0.39 is 21.2 Å². The normalized spacial score (nSPS) is 16.1. The smallest absolute Gasteiger partial charge is 0.304 e. The van der Waals surface area contributed by atoms with Crippen LogP contribution in [0.2, 0.25) is 0 Å². The molecule has 2 rings (SSSR count). The third kappa shape index (κ3) is 3.06. The number of hydrogen-bond donors (Lipinski definition) is 1. The Kier molecular flexibility index (Phi) is 3.99. The fourth-order valence-electron chi connectivity index (χ4n) is 2.19. The number of carboxylic acid groups (broad SMARTS) is 1. The van der Waals surface area contributed by atoms with Gasteiger partial charge in [-0.1, -0.05) is 19.9 Å². The number of aliphatic carboxylic acids is 1. The van der Waals surface area contributed by atoms with Gasteiger partial charge in [-0.3, -0.25) is 4.79 Å². The zero-order valence-electron chi connectivity index (χ0n) is 11.4. The fraction of sp³-hybridized carbons (Fsp3) is 0.500. The van der Waals surface area contributed by atoms with Crippen molar-refractivity contribution in [2.75, 3.05) is 0 Å². The van der Waals surface area contributed by atoms with Crippen LogP contribution in [-0.2, 0) is 20.0 Å². The molecule has 0 atom stereocenters. The number of sulfone groups is 1. The minimum atomic E-state index is -3.24. The zero-order valence-corrected chi connectivity index (χ0v) is 13.8. The lowest BCUT2D eigenvalue weighted by molar-refractivity contribution is -0.138. The van der Waals surface area contributed by atoms with Crippen molar-refractivity contribution in [1.82, 2.24) is 0 Å². The van der Waals surface area contributed by atoms with Crippen molar-refractivity contribution in [3.63, 3.8) is 0 Å². The van der Waals surface area contributed by atoms with Crippen molar-refractivity contribution >= 4 is 31.7 Å². The second-order valence-electron chi connectivity index (χ2n) is 5.84. The lowest BCUT2D eigenvalue weighted by atomic mass is 9.82. The molecule has 0 bridgehead atoms. The molecule has 110 valence electrons. The van der Waals surface area contributed by atoms with E-state index in [1.54, 1.807) is 18.2 Å². The SMILES string of the molecule is CC(C)(CC(=O)O)c1ccc(S(=O)(=O)C2CC2)c(Br)c1. The summed E-state index contributed by atoms with van der Waals surface area (Å²) in [6, 6.07) is 5.01. The van der Waals surface area contributed by atoms with Gasteiger partial charge in [-0.2, -0.15) is 0 Å². The molecule has 0 amide bonds. The van der Waals surface area contributed by atoms with E-state index in [2.05, 4.69) is 15.9 Å². The van der Waals surface area contributed by atoms with Gasteiger partial charge in [-0.05, 0) is 46.5 Å². The van der Waals surface area contributed by atoms with Crippen LogP contribution in [0.15, 0.2) is 27.6 Å². The number of halogens is 1. The van der Waals surface area contributed by atoms with Gasteiger partial charge in [-0.15, -0.1) is 0 Å². The monoisotopic (exact) mass is 360 g/mol. The van der Waals surface area contributed by atoms with Crippen LogP contribution in [-0.4, -0.2) is 24.7 Å². The van der Waals surface area contributed by atoms with E-state index in [9.17, 15) is 13.2 Å². The third-order valence-electron chi connectivity index (χ3n) is 3.58. The van der Waals surface area contributed by atoms with Crippen LogP contribution in [0, 0.1) is 0 Å². The minimum Gasteiger partial charge on any atom is -0.481 e. The van der Waals surface area contributed by atoms with Gasteiger partial charge in [0.15, 0.2) is 9.84 Å². The summed E-state index contributed by atoms with van der Waals surface area (Å²) < 4.78 is 25.0. The number of benzene rings is 1. The van der Waals surface area contributed by atoms with E-state index in [1.165, 1.54) is 0 Å². The molecule has 1 aromatic rings. The molecule has 1 fully saturated rings. The van der Waals surface area contributed by atoms with Crippen LogP contribution < -0.4 is 0 Å². The average molecular weight is 361 g/mol. The van der Waals surface area contributed by atoms with Crippen molar-refractivity contribution in [2.45, 2.75) is 48.7 Å². The maximum absolute atomic E-state index is 12.2. The first-order valence-corrected chi connectivity index (χ1v) is 8.74. The first-order valence-electron chi connectivity index (χ1n) is 6.40. The largest absolute Gasteiger partial charge is 0.481 e. The van der Waals surface area contributed by atoms with E-state index in [0.29, 0.717) is 9.37 Å². The Bertz CT molecular complexity index is 645. The number of carboxylic acids is 1. The summed E-state index contributed by atoms with van der Waals surface area (Å²) in [7, 11) is -3.24. The molecule has 0 aromatic heterocycles. The highest BCUT2D eigenvalue weighted by Gasteiger charge is 2.38. The highest BCUT2D eigenvalue weighted by molar-refractivity contribution is 9.10. The predicted molar refractivity (Wildman–Crippen MR) is 79.6 cm³/mol. The minimum absolute atomic E-state index is 0.00579. The van der Waals surface area contributed by atoms with E-state index >= 15 is 0 Å². The molecule has 4 nitrogen and oxygen atoms in total. The van der Waals surface area contributed by atoms with E-state index in [4.69, 9.17) is 5.11 Å². The zero-order chi connectivity index (χ0) is 15.1. The summed E-state index contributed by atoms with van der Waals surface area (Å²) in [6.07, 6.45) is 1.44. The third-order valence-corrected chi connectivity index (χ3v) is 6.81. The molecule has 0 radical (unpaired) electrons. The molecule has 0 saturated heterocycles. The van der Waals surface area contributed by atoms with Gasteiger partial charge >= 0.3 is 5.97 Å². The second kappa shape index (κ2) is 5.15. The maximum atomic E-state index is 12.2. The molecule has 0 unspecified atom stereocenters. The Morgan fingerprint density at radius 2 is 2.00 bits per heavy atom. The number of hydrogen-bond acceptors (Lipinski definition) is 3. The first kappa shape index (κ1) is 15.5. The van der Waals surface area contributed by atoms with Crippen LogP contribution in [0.25, 0.3) is 0 Å². The molecule has 1 aromatic carbocycles. The Balaban J connectivity index is 2.37. The molecule has 6 heteroatoms. The van der Waals surface area contributed by atoms with Gasteiger partial charge in [0.05, 0.1) is 16.6 Å². The van der Waals surface area contributed by atoms with Crippen molar-refractivity contribution in [2.24, 2.45) is 0 Å².